The number of nitrogens with one attached hydrogen (secondary N) is 2. The van der Waals surface area contributed by atoms with Gasteiger partial charge in [0.15, 0.2) is 5.96 Å². The van der Waals surface area contributed by atoms with Crippen molar-refractivity contribution in [1.29, 1.82) is 0 Å². The minimum Gasteiger partial charge on any atom is -0.489 e. The Labute approximate surface area is 170 Å². The van der Waals surface area contributed by atoms with Crippen LogP contribution >= 0.6 is 11.3 Å². The van der Waals surface area contributed by atoms with Crippen molar-refractivity contribution in [3.8, 4) is 5.75 Å². The van der Waals surface area contributed by atoms with Gasteiger partial charge in [0.1, 0.15) is 17.4 Å². The van der Waals surface area contributed by atoms with Crippen LogP contribution in [0.4, 0.5) is 0 Å². The normalized spacial score (nSPS) is 11.3. The summed E-state index contributed by atoms with van der Waals surface area (Å²) in [6, 6.07) is 18.2. The van der Waals surface area contributed by atoms with E-state index in [2.05, 4.69) is 51.8 Å². The van der Waals surface area contributed by atoms with Crippen molar-refractivity contribution < 1.29 is 4.74 Å². The van der Waals surface area contributed by atoms with Crippen molar-refractivity contribution in [2.75, 3.05) is 7.05 Å². The molecule has 28 heavy (non-hydrogen) atoms. The number of guanidine groups is 1. The van der Waals surface area contributed by atoms with E-state index >= 15 is 0 Å². The van der Waals surface area contributed by atoms with Crippen LogP contribution in [0, 0.1) is 13.8 Å². The number of aliphatic imine (C=N–C) groups is 1. The van der Waals surface area contributed by atoms with Crippen LogP contribution < -0.4 is 15.4 Å². The lowest BCUT2D eigenvalue weighted by Crippen LogP contribution is -2.36. The predicted molar refractivity (Wildman–Crippen MR) is 116 cm³/mol. The molecule has 0 fully saturated rings. The third-order valence-corrected chi connectivity index (χ3v) is 5.38. The van der Waals surface area contributed by atoms with Gasteiger partial charge in [-0.2, -0.15) is 0 Å². The molecule has 0 aliphatic rings. The molecular formula is C22H26N4OS. The Balaban J connectivity index is 1.50. The van der Waals surface area contributed by atoms with Crippen LogP contribution in [0.2, 0.25) is 0 Å². The Morgan fingerprint density at radius 3 is 2.46 bits per heavy atom. The van der Waals surface area contributed by atoms with Gasteiger partial charge in [-0.1, -0.05) is 42.5 Å². The van der Waals surface area contributed by atoms with Gasteiger partial charge in [0.2, 0.25) is 0 Å². The van der Waals surface area contributed by atoms with E-state index in [-0.39, 0.29) is 0 Å². The van der Waals surface area contributed by atoms with Crippen LogP contribution in [-0.2, 0) is 19.7 Å². The number of benzene rings is 2. The maximum atomic E-state index is 5.83. The standard InChI is InChI=1S/C22H26N4OS/c1-16-17(2)28-21(26-16)14-25-22(23-3)24-13-18-8-7-9-19(12-18)15-27-20-10-5-4-6-11-20/h4-12H,13-15H2,1-3H3,(H2,23,24,25). The summed E-state index contributed by atoms with van der Waals surface area (Å²) in [6.07, 6.45) is 0. The maximum absolute atomic E-state index is 5.83. The zero-order valence-electron chi connectivity index (χ0n) is 16.5. The fourth-order valence-electron chi connectivity index (χ4n) is 2.69. The van der Waals surface area contributed by atoms with E-state index in [9.17, 15) is 0 Å². The maximum Gasteiger partial charge on any atom is 0.191 e. The quantitative estimate of drug-likeness (QED) is 0.466. The number of ether oxygens (including phenoxy) is 1. The second-order valence-electron chi connectivity index (χ2n) is 6.45. The molecule has 1 heterocycles. The van der Waals surface area contributed by atoms with E-state index in [1.54, 1.807) is 18.4 Å². The number of aromatic nitrogens is 1. The van der Waals surface area contributed by atoms with Crippen LogP contribution in [0.1, 0.15) is 26.7 Å². The zero-order chi connectivity index (χ0) is 19.8. The number of nitrogens with zero attached hydrogens (tertiary/aromatic N) is 2. The average Bonchev–Trinajstić information content (AvgIpc) is 3.05. The van der Waals surface area contributed by atoms with Crippen LogP contribution in [0.3, 0.4) is 0 Å². The summed E-state index contributed by atoms with van der Waals surface area (Å²) in [4.78, 5) is 10.1. The molecule has 0 saturated carbocycles. The monoisotopic (exact) mass is 394 g/mol. The fraction of sp³-hybridized carbons (Fsp3) is 0.273. The largest absolute Gasteiger partial charge is 0.489 e. The lowest BCUT2D eigenvalue weighted by molar-refractivity contribution is 0.306. The van der Waals surface area contributed by atoms with Gasteiger partial charge in [-0.05, 0) is 37.1 Å². The minimum absolute atomic E-state index is 0.549. The van der Waals surface area contributed by atoms with Crippen LogP contribution in [0.15, 0.2) is 59.6 Å². The molecule has 0 saturated heterocycles. The molecule has 0 radical (unpaired) electrons. The summed E-state index contributed by atoms with van der Waals surface area (Å²) in [5.41, 5.74) is 3.41. The predicted octanol–water partition coefficient (Wildman–Crippen LogP) is 4.20. The van der Waals surface area contributed by atoms with Crippen LogP contribution in [0.25, 0.3) is 0 Å². The number of thiazole rings is 1. The molecule has 3 aromatic rings. The van der Waals surface area contributed by atoms with Crippen molar-refractivity contribution in [1.82, 2.24) is 15.6 Å². The van der Waals surface area contributed by atoms with E-state index in [1.165, 1.54) is 10.4 Å². The van der Waals surface area contributed by atoms with Crippen LogP contribution in [0.5, 0.6) is 5.75 Å². The lowest BCUT2D eigenvalue weighted by atomic mass is 10.1. The highest BCUT2D eigenvalue weighted by Crippen LogP contribution is 2.16. The van der Waals surface area contributed by atoms with E-state index in [0.29, 0.717) is 19.7 Å². The second-order valence-corrected chi connectivity index (χ2v) is 7.74. The molecule has 0 aliphatic carbocycles. The van der Waals surface area contributed by atoms with E-state index in [4.69, 9.17) is 4.74 Å². The highest BCUT2D eigenvalue weighted by Gasteiger charge is 2.05. The molecule has 0 spiro atoms. The lowest BCUT2D eigenvalue weighted by Gasteiger charge is -2.12. The van der Waals surface area contributed by atoms with Crippen molar-refractivity contribution in [3.63, 3.8) is 0 Å². The molecule has 0 unspecified atom stereocenters. The topological polar surface area (TPSA) is 58.5 Å². The molecule has 146 valence electrons. The van der Waals surface area contributed by atoms with Gasteiger partial charge in [-0.15, -0.1) is 11.3 Å². The van der Waals surface area contributed by atoms with E-state index in [0.717, 1.165) is 28.0 Å². The molecule has 0 atom stereocenters. The van der Waals surface area contributed by atoms with Gasteiger partial charge in [0.05, 0.1) is 12.2 Å². The third kappa shape index (κ3) is 5.82. The molecule has 2 N–H and O–H groups in total. The Morgan fingerprint density at radius 2 is 1.75 bits per heavy atom. The van der Waals surface area contributed by atoms with Gasteiger partial charge in [-0.25, -0.2) is 4.98 Å². The van der Waals surface area contributed by atoms with Gasteiger partial charge in [0.25, 0.3) is 0 Å². The number of aryl methyl sites for hydroxylation is 2. The molecule has 3 rings (SSSR count). The molecule has 0 bridgehead atoms. The summed E-state index contributed by atoms with van der Waals surface area (Å²) in [7, 11) is 1.78. The first-order chi connectivity index (χ1) is 13.6. The SMILES string of the molecule is CN=C(NCc1cccc(COc2ccccc2)c1)NCc1nc(C)c(C)s1. The summed E-state index contributed by atoms with van der Waals surface area (Å²) in [5.74, 6) is 1.64. The van der Waals surface area contributed by atoms with Gasteiger partial charge in [-0.3, -0.25) is 4.99 Å². The zero-order valence-corrected chi connectivity index (χ0v) is 17.3. The van der Waals surface area contributed by atoms with Crippen molar-refractivity contribution in [2.45, 2.75) is 33.5 Å². The summed E-state index contributed by atoms with van der Waals surface area (Å²) in [6.45, 7) is 6.04. The van der Waals surface area contributed by atoms with Crippen LogP contribution in [-0.4, -0.2) is 18.0 Å². The molecule has 0 aliphatic heterocycles. The van der Waals surface area contributed by atoms with Gasteiger partial charge < -0.3 is 15.4 Å². The van der Waals surface area contributed by atoms with E-state index in [1.807, 2.05) is 37.3 Å². The highest BCUT2D eigenvalue weighted by molar-refractivity contribution is 7.11. The molecule has 5 nitrogen and oxygen atoms in total. The van der Waals surface area contributed by atoms with Crippen molar-refractivity contribution in [3.05, 3.63) is 81.3 Å². The van der Waals surface area contributed by atoms with Gasteiger partial charge >= 0.3 is 0 Å². The van der Waals surface area contributed by atoms with Crippen molar-refractivity contribution in [2.24, 2.45) is 4.99 Å². The molecule has 0 amide bonds. The summed E-state index contributed by atoms with van der Waals surface area (Å²) in [5, 5.41) is 7.74. The Kier molecular flexibility index (Phi) is 7.03. The smallest absolute Gasteiger partial charge is 0.191 e. The Morgan fingerprint density at radius 1 is 1.00 bits per heavy atom. The second kappa shape index (κ2) is 9.90. The number of rotatable bonds is 7. The van der Waals surface area contributed by atoms with Gasteiger partial charge in [0, 0.05) is 18.5 Å². The summed E-state index contributed by atoms with van der Waals surface area (Å²) >= 11 is 1.72. The molecule has 6 heteroatoms. The number of para-hydroxylation sites is 1. The first-order valence-corrected chi connectivity index (χ1v) is 10.1. The highest BCUT2D eigenvalue weighted by atomic mass is 32.1. The Hall–Kier alpha value is -2.86. The Bertz CT molecular complexity index is 902. The molecule has 2 aromatic carbocycles. The summed E-state index contributed by atoms with van der Waals surface area (Å²) < 4.78 is 5.83. The first kappa shape index (κ1) is 19.9. The fourth-order valence-corrected chi connectivity index (χ4v) is 3.57. The van der Waals surface area contributed by atoms with Crippen molar-refractivity contribution >= 4 is 17.3 Å². The number of hydrogen-bond donors (Lipinski definition) is 2. The molecule has 1 aromatic heterocycles. The number of hydrogen-bond acceptors (Lipinski definition) is 4. The first-order valence-electron chi connectivity index (χ1n) is 9.27. The van der Waals surface area contributed by atoms with E-state index < -0.39 is 0 Å². The average molecular weight is 395 g/mol. The third-order valence-electron chi connectivity index (χ3n) is 4.30. The molecular weight excluding hydrogens is 368 g/mol. The minimum atomic E-state index is 0.549.